The molecule has 1 aromatic carbocycles. The molecule has 1 aromatic heterocycles. The number of unbranched alkanes of at least 4 members (excludes halogenated alkanes) is 1. The van der Waals surface area contributed by atoms with E-state index in [0.29, 0.717) is 0 Å². The van der Waals surface area contributed by atoms with Crippen molar-refractivity contribution in [3.63, 3.8) is 0 Å². The second-order valence-corrected chi connectivity index (χ2v) is 5.46. The maximum absolute atomic E-state index is 12.0. The van der Waals surface area contributed by atoms with Gasteiger partial charge >= 0.3 is 0 Å². The number of rotatable bonds is 6. The third-order valence-electron chi connectivity index (χ3n) is 3.88. The lowest BCUT2D eigenvalue weighted by atomic mass is 10.0. The molecule has 1 unspecified atom stereocenters. The molecule has 19 heavy (non-hydrogen) atoms. The number of pyridine rings is 1. The summed E-state index contributed by atoms with van der Waals surface area (Å²) in [6, 6.07) is 9.47. The average Bonchev–Trinajstić information content (AvgIpc) is 2.43. The van der Waals surface area contributed by atoms with Gasteiger partial charge in [-0.25, -0.2) is 0 Å². The lowest BCUT2D eigenvalue weighted by molar-refractivity contribution is 0.484. The zero-order chi connectivity index (χ0) is 13.7. The highest BCUT2D eigenvalue weighted by atomic mass is 16.1. The summed E-state index contributed by atoms with van der Waals surface area (Å²) in [7, 11) is 0. The molecule has 0 bridgehead atoms. The molecule has 0 aliphatic carbocycles. The Hall–Kier alpha value is -1.57. The summed E-state index contributed by atoms with van der Waals surface area (Å²) < 4.78 is 0. The van der Waals surface area contributed by atoms with Crippen LogP contribution in [0, 0.1) is 5.92 Å². The van der Waals surface area contributed by atoms with Gasteiger partial charge in [0, 0.05) is 22.7 Å². The summed E-state index contributed by atoms with van der Waals surface area (Å²) in [6.07, 6.45) is 5.90. The number of H-pyrrole nitrogens is 1. The van der Waals surface area contributed by atoms with E-state index in [-0.39, 0.29) is 5.43 Å². The summed E-state index contributed by atoms with van der Waals surface area (Å²) >= 11 is 0. The van der Waals surface area contributed by atoms with Crippen LogP contribution in [0.3, 0.4) is 0 Å². The highest BCUT2D eigenvalue weighted by molar-refractivity contribution is 5.78. The molecule has 0 radical (unpaired) electrons. The highest BCUT2D eigenvalue weighted by Crippen LogP contribution is 2.13. The minimum Gasteiger partial charge on any atom is -0.358 e. The van der Waals surface area contributed by atoms with Gasteiger partial charge in [0.05, 0.1) is 0 Å². The van der Waals surface area contributed by atoms with Crippen molar-refractivity contribution in [1.82, 2.24) is 4.98 Å². The van der Waals surface area contributed by atoms with Gasteiger partial charge in [-0.05, 0) is 30.9 Å². The molecular formula is C17H23NO. The standard InChI is InChI=1S/C17H23NO/c1-3-13(2)8-4-5-9-14-12-17(19)15-10-6-7-11-16(15)18-14/h6-7,10-13H,3-5,8-9H2,1-2H3,(H,18,19). The third kappa shape index (κ3) is 3.69. The van der Waals surface area contributed by atoms with Gasteiger partial charge in [-0.3, -0.25) is 4.79 Å². The molecule has 2 heteroatoms. The summed E-state index contributed by atoms with van der Waals surface area (Å²) in [4.78, 5) is 15.3. The monoisotopic (exact) mass is 257 g/mol. The normalized spacial score (nSPS) is 12.7. The fourth-order valence-electron chi connectivity index (χ4n) is 2.40. The Kier molecular flexibility index (Phi) is 4.78. The van der Waals surface area contributed by atoms with Gasteiger partial charge in [-0.15, -0.1) is 0 Å². The van der Waals surface area contributed by atoms with Crippen molar-refractivity contribution in [3.8, 4) is 0 Å². The fraction of sp³-hybridized carbons (Fsp3) is 0.471. The molecule has 1 N–H and O–H groups in total. The summed E-state index contributed by atoms with van der Waals surface area (Å²) in [5, 5.41) is 0.783. The number of benzene rings is 1. The van der Waals surface area contributed by atoms with Crippen LogP contribution in [0.5, 0.6) is 0 Å². The van der Waals surface area contributed by atoms with Gasteiger partial charge in [0.1, 0.15) is 0 Å². The lowest BCUT2D eigenvalue weighted by Crippen LogP contribution is -2.05. The number of hydrogen-bond acceptors (Lipinski definition) is 1. The number of para-hydroxylation sites is 1. The first kappa shape index (κ1) is 13.9. The Morgan fingerprint density at radius 1 is 1.21 bits per heavy atom. The van der Waals surface area contributed by atoms with Gasteiger partial charge in [0.25, 0.3) is 0 Å². The topological polar surface area (TPSA) is 32.9 Å². The van der Waals surface area contributed by atoms with E-state index in [2.05, 4.69) is 18.8 Å². The van der Waals surface area contributed by atoms with Crippen molar-refractivity contribution in [3.05, 3.63) is 46.2 Å². The highest BCUT2D eigenvalue weighted by Gasteiger charge is 2.02. The molecule has 0 saturated heterocycles. The van der Waals surface area contributed by atoms with E-state index in [1.54, 1.807) is 6.07 Å². The Labute approximate surface area is 114 Å². The van der Waals surface area contributed by atoms with Crippen LogP contribution in [0.15, 0.2) is 35.1 Å². The minimum atomic E-state index is 0.131. The van der Waals surface area contributed by atoms with Gasteiger partial charge in [0.2, 0.25) is 0 Å². The fourth-order valence-corrected chi connectivity index (χ4v) is 2.40. The van der Waals surface area contributed by atoms with Gasteiger partial charge in [-0.1, -0.05) is 45.2 Å². The first-order chi connectivity index (χ1) is 9.20. The van der Waals surface area contributed by atoms with Gasteiger partial charge < -0.3 is 4.98 Å². The van der Waals surface area contributed by atoms with Crippen molar-refractivity contribution < 1.29 is 0 Å². The van der Waals surface area contributed by atoms with Crippen LogP contribution in [0.1, 0.15) is 45.2 Å². The molecule has 102 valence electrons. The number of hydrogen-bond donors (Lipinski definition) is 1. The van der Waals surface area contributed by atoms with E-state index in [4.69, 9.17) is 0 Å². The molecule has 0 aliphatic heterocycles. The third-order valence-corrected chi connectivity index (χ3v) is 3.88. The number of aromatic nitrogens is 1. The van der Waals surface area contributed by atoms with Crippen LogP contribution in [0.4, 0.5) is 0 Å². The van der Waals surface area contributed by atoms with E-state index < -0.39 is 0 Å². The first-order valence-electron chi connectivity index (χ1n) is 7.31. The second kappa shape index (κ2) is 6.55. The molecule has 1 heterocycles. The molecule has 0 saturated carbocycles. The van der Waals surface area contributed by atoms with Crippen LogP contribution >= 0.6 is 0 Å². The quantitative estimate of drug-likeness (QED) is 0.769. The van der Waals surface area contributed by atoms with Crippen molar-refractivity contribution >= 4 is 10.9 Å². The summed E-state index contributed by atoms with van der Waals surface area (Å²) in [5.41, 5.74) is 2.14. The predicted molar refractivity (Wildman–Crippen MR) is 81.6 cm³/mol. The van der Waals surface area contributed by atoms with E-state index >= 15 is 0 Å². The molecule has 0 amide bonds. The largest absolute Gasteiger partial charge is 0.358 e. The molecule has 0 aliphatic rings. The molecule has 1 atom stereocenters. The Bertz CT molecular complexity index is 585. The maximum atomic E-state index is 12.0. The van der Waals surface area contributed by atoms with Crippen LogP contribution in [0.25, 0.3) is 10.9 Å². The number of nitrogens with one attached hydrogen (secondary N) is 1. The number of fused-ring (bicyclic) bond motifs is 1. The van der Waals surface area contributed by atoms with Crippen molar-refractivity contribution in [2.45, 2.75) is 46.0 Å². The van der Waals surface area contributed by atoms with E-state index in [0.717, 1.165) is 35.4 Å². The SMILES string of the molecule is CCC(C)CCCCc1cc(=O)c2ccccc2[nH]1. The van der Waals surface area contributed by atoms with Crippen molar-refractivity contribution in [1.29, 1.82) is 0 Å². The minimum absolute atomic E-state index is 0.131. The average molecular weight is 257 g/mol. The Balaban J connectivity index is 2.00. The van der Waals surface area contributed by atoms with Gasteiger partial charge in [0.15, 0.2) is 5.43 Å². The van der Waals surface area contributed by atoms with E-state index in [1.807, 2.05) is 24.3 Å². The summed E-state index contributed by atoms with van der Waals surface area (Å²) in [6.45, 7) is 4.55. The first-order valence-corrected chi connectivity index (χ1v) is 7.31. The molecule has 0 spiro atoms. The zero-order valence-corrected chi connectivity index (χ0v) is 11.9. The van der Waals surface area contributed by atoms with Crippen LogP contribution < -0.4 is 5.43 Å². The van der Waals surface area contributed by atoms with Gasteiger partial charge in [-0.2, -0.15) is 0 Å². The number of aryl methyl sites for hydroxylation is 1. The van der Waals surface area contributed by atoms with E-state index in [1.165, 1.54) is 19.3 Å². The summed E-state index contributed by atoms with van der Waals surface area (Å²) in [5.74, 6) is 0.815. The predicted octanol–water partition coefficient (Wildman–Crippen LogP) is 4.29. The second-order valence-electron chi connectivity index (χ2n) is 5.46. The molecule has 2 nitrogen and oxygen atoms in total. The number of aromatic amines is 1. The van der Waals surface area contributed by atoms with Crippen LogP contribution in [0.2, 0.25) is 0 Å². The van der Waals surface area contributed by atoms with Crippen LogP contribution in [-0.4, -0.2) is 4.98 Å². The smallest absolute Gasteiger partial charge is 0.189 e. The molecule has 2 rings (SSSR count). The molecular weight excluding hydrogens is 234 g/mol. The molecule has 0 fully saturated rings. The van der Waals surface area contributed by atoms with Crippen molar-refractivity contribution in [2.24, 2.45) is 5.92 Å². The van der Waals surface area contributed by atoms with Crippen LogP contribution in [-0.2, 0) is 6.42 Å². The lowest BCUT2D eigenvalue weighted by Gasteiger charge is -2.08. The van der Waals surface area contributed by atoms with Crippen molar-refractivity contribution in [2.75, 3.05) is 0 Å². The van der Waals surface area contributed by atoms with E-state index in [9.17, 15) is 4.79 Å². The zero-order valence-electron chi connectivity index (χ0n) is 11.9. The maximum Gasteiger partial charge on any atom is 0.189 e. The Morgan fingerprint density at radius 2 is 2.00 bits per heavy atom. The molecule has 2 aromatic rings. The Morgan fingerprint density at radius 3 is 2.79 bits per heavy atom.